The molecule has 0 saturated heterocycles. The third-order valence-corrected chi connectivity index (χ3v) is 3.13. The summed E-state index contributed by atoms with van der Waals surface area (Å²) in [6.07, 6.45) is 0. The summed E-state index contributed by atoms with van der Waals surface area (Å²) in [5.41, 5.74) is 2.24. The number of hydrogen-bond acceptors (Lipinski definition) is 2. The molecule has 0 aromatic heterocycles. The quantitative estimate of drug-likeness (QED) is 0.901. The molecule has 2 aromatic carbocycles. The summed E-state index contributed by atoms with van der Waals surface area (Å²) in [6.45, 7) is 1.04. The van der Waals surface area contributed by atoms with Gasteiger partial charge in [-0.3, -0.25) is 0 Å². The van der Waals surface area contributed by atoms with Gasteiger partial charge in [0, 0.05) is 20.1 Å². The predicted octanol–water partition coefficient (Wildman–Crippen LogP) is 3.32. The lowest BCUT2D eigenvalue weighted by Gasteiger charge is -2.23. The van der Waals surface area contributed by atoms with Crippen molar-refractivity contribution in [3.8, 4) is 0 Å². The van der Waals surface area contributed by atoms with Crippen molar-refractivity contribution in [2.24, 2.45) is 0 Å². The molecule has 2 rings (SSSR count). The van der Waals surface area contributed by atoms with E-state index in [-0.39, 0.29) is 11.6 Å². The minimum Gasteiger partial charge on any atom is -0.368 e. The lowest BCUT2D eigenvalue weighted by molar-refractivity contribution is 0.615. The zero-order valence-corrected chi connectivity index (χ0v) is 11.7. The zero-order valence-electron chi connectivity index (χ0n) is 11.7. The van der Waals surface area contributed by atoms with Crippen LogP contribution in [0.2, 0.25) is 0 Å². The van der Waals surface area contributed by atoms with Gasteiger partial charge in [0.05, 0.1) is 5.69 Å². The molecule has 2 aromatic rings. The molecule has 0 aliphatic heterocycles. The van der Waals surface area contributed by atoms with Crippen LogP contribution in [0.4, 0.5) is 14.5 Å². The van der Waals surface area contributed by atoms with E-state index in [4.69, 9.17) is 0 Å². The van der Waals surface area contributed by atoms with Gasteiger partial charge in [-0.2, -0.15) is 0 Å². The van der Waals surface area contributed by atoms with Crippen LogP contribution in [-0.4, -0.2) is 14.1 Å². The highest BCUT2D eigenvalue weighted by molar-refractivity contribution is 5.54. The monoisotopic (exact) mass is 276 g/mol. The van der Waals surface area contributed by atoms with Crippen molar-refractivity contribution in [3.05, 3.63) is 65.2 Å². The molecule has 106 valence electrons. The minimum absolute atomic E-state index is 0.267. The number of hydrogen-bond donors (Lipinski definition) is 1. The zero-order chi connectivity index (χ0) is 14.5. The van der Waals surface area contributed by atoms with E-state index < -0.39 is 0 Å². The molecule has 1 N–H and O–H groups in total. The van der Waals surface area contributed by atoms with E-state index in [1.165, 1.54) is 18.2 Å². The van der Waals surface area contributed by atoms with Crippen LogP contribution in [0.3, 0.4) is 0 Å². The molecule has 0 aliphatic rings. The van der Waals surface area contributed by atoms with Crippen molar-refractivity contribution in [2.75, 3.05) is 19.0 Å². The molecule has 2 nitrogen and oxygen atoms in total. The number of benzene rings is 2. The maximum absolute atomic E-state index is 14.1. The van der Waals surface area contributed by atoms with Crippen molar-refractivity contribution in [3.63, 3.8) is 0 Å². The number of nitrogens with zero attached hydrogens (tertiary/aromatic N) is 1. The molecule has 0 aliphatic carbocycles. The molecular formula is C16H18F2N2. The van der Waals surface area contributed by atoms with E-state index in [1.54, 1.807) is 17.0 Å². The second-order valence-corrected chi connectivity index (χ2v) is 4.76. The third-order valence-electron chi connectivity index (χ3n) is 3.13. The standard InChI is InChI=1S/C16H18F2N2/c1-19-10-13-6-4-8-15(18)16(13)20(2)11-12-5-3-7-14(17)9-12/h3-9,19H,10-11H2,1-2H3. The van der Waals surface area contributed by atoms with E-state index in [9.17, 15) is 8.78 Å². The fraction of sp³-hybridized carbons (Fsp3) is 0.250. The molecule has 0 atom stereocenters. The van der Waals surface area contributed by atoms with Crippen molar-refractivity contribution < 1.29 is 8.78 Å². The van der Waals surface area contributed by atoms with Crippen LogP contribution in [0, 0.1) is 11.6 Å². The Labute approximate surface area is 118 Å². The molecular weight excluding hydrogens is 258 g/mol. The number of anilines is 1. The Hall–Kier alpha value is -1.94. The van der Waals surface area contributed by atoms with Gasteiger partial charge < -0.3 is 10.2 Å². The maximum Gasteiger partial charge on any atom is 0.146 e. The van der Waals surface area contributed by atoms with E-state index in [2.05, 4.69) is 5.32 Å². The minimum atomic E-state index is -0.278. The van der Waals surface area contributed by atoms with Crippen molar-refractivity contribution in [1.29, 1.82) is 0 Å². The van der Waals surface area contributed by atoms with Crippen molar-refractivity contribution >= 4 is 5.69 Å². The molecule has 0 radical (unpaired) electrons. The summed E-state index contributed by atoms with van der Waals surface area (Å²) in [7, 11) is 3.63. The lowest BCUT2D eigenvalue weighted by Crippen LogP contribution is -2.21. The highest BCUT2D eigenvalue weighted by atomic mass is 19.1. The van der Waals surface area contributed by atoms with Gasteiger partial charge in [0.2, 0.25) is 0 Å². The molecule has 0 unspecified atom stereocenters. The van der Waals surface area contributed by atoms with Gasteiger partial charge in [-0.15, -0.1) is 0 Å². The van der Waals surface area contributed by atoms with Gasteiger partial charge in [-0.1, -0.05) is 24.3 Å². The van der Waals surface area contributed by atoms with Crippen LogP contribution < -0.4 is 10.2 Å². The first-order valence-electron chi connectivity index (χ1n) is 6.49. The van der Waals surface area contributed by atoms with Gasteiger partial charge in [0.1, 0.15) is 11.6 Å². The number of halogens is 2. The number of nitrogens with one attached hydrogen (secondary N) is 1. The second kappa shape index (κ2) is 6.48. The highest BCUT2D eigenvalue weighted by Crippen LogP contribution is 2.25. The van der Waals surface area contributed by atoms with Crippen LogP contribution in [0.25, 0.3) is 0 Å². The molecule has 4 heteroatoms. The van der Waals surface area contributed by atoms with Crippen LogP contribution in [0.1, 0.15) is 11.1 Å². The maximum atomic E-state index is 14.1. The summed E-state index contributed by atoms with van der Waals surface area (Å²) in [5, 5.41) is 3.03. The fourth-order valence-electron chi connectivity index (χ4n) is 2.31. The van der Waals surface area contributed by atoms with E-state index in [1.807, 2.05) is 26.2 Å². The third kappa shape index (κ3) is 3.33. The Balaban J connectivity index is 2.26. The van der Waals surface area contributed by atoms with E-state index in [0.717, 1.165) is 11.1 Å². The lowest BCUT2D eigenvalue weighted by atomic mass is 10.1. The van der Waals surface area contributed by atoms with E-state index >= 15 is 0 Å². The SMILES string of the molecule is CNCc1cccc(F)c1N(C)Cc1cccc(F)c1. The topological polar surface area (TPSA) is 15.3 Å². The van der Waals surface area contributed by atoms with Crippen molar-refractivity contribution in [1.82, 2.24) is 5.32 Å². The average Bonchev–Trinajstić information content (AvgIpc) is 2.39. The van der Waals surface area contributed by atoms with Gasteiger partial charge in [-0.25, -0.2) is 8.78 Å². The number of para-hydroxylation sites is 1. The van der Waals surface area contributed by atoms with Gasteiger partial charge in [0.25, 0.3) is 0 Å². The summed E-state index contributed by atoms with van der Waals surface area (Å²) in [6, 6.07) is 11.4. The first-order chi connectivity index (χ1) is 9.61. The molecule has 0 spiro atoms. The summed E-state index contributed by atoms with van der Waals surface area (Å²) in [5.74, 6) is -0.545. The Kier molecular flexibility index (Phi) is 4.69. The van der Waals surface area contributed by atoms with E-state index in [0.29, 0.717) is 18.8 Å². The normalized spacial score (nSPS) is 10.6. The average molecular weight is 276 g/mol. The summed E-state index contributed by atoms with van der Waals surface area (Å²) >= 11 is 0. The Bertz CT molecular complexity index is 584. The Morgan fingerprint density at radius 2 is 1.85 bits per heavy atom. The molecule has 0 saturated carbocycles. The predicted molar refractivity (Wildman–Crippen MR) is 77.7 cm³/mol. The molecule has 0 heterocycles. The highest BCUT2D eigenvalue weighted by Gasteiger charge is 2.13. The Morgan fingerprint density at radius 3 is 2.55 bits per heavy atom. The van der Waals surface area contributed by atoms with Gasteiger partial charge in [0.15, 0.2) is 0 Å². The summed E-state index contributed by atoms with van der Waals surface area (Å²) < 4.78 is 27.3. The summed E-state index contributed by atoms with van der Waals surface area (Å²) in [4.78, 5) is 1.80. The molecule has 0 fully saturated rings. The largest absolute Gasteiger partial charge is 0.368 e. The van der Waals surface area contributed by atoms with Crippen LogP contribution in [0.5, 0.6) is 0 Å². The molecule has 0 bridgehead atoms. The first-order valence-corrected chi connectivity index (χ1v) is 6.49. The van der Waals surface area contributed by atoms with Crippen LogP contribution in [0.15, 0.2) is 42.5 Å². The second-order valence-electron chi connectivity index (χ2n) is 4.76. The molecule has 20 heavy (non-hydrogen) atoms. The smallest absolute Gasteiger partial charge is 0.146 e. The van der Waals surface area contributed by atoms with Crippen LogP contribution >= 0.6 is 0 Å². The first kappa shape index (κ1) is 14.5. The van der Waals surface area contributed by atoms with Gasteiger partial charge >= 0.3 is 0 Å². The van der Waals surface area contributed by atoms with Crippen LogP contribution in [-0.2, 0) is 13.1 Å². The van der Waals surface area contributed by atoms with Gasteiger partial charge in [-0.05, 0) is 36.4 Å². The molecule has 0 amide bonds. The number of rotatable bonds is 5. The van der Waals surface area contributed by atoms with Crippen molar-refractivity contribution in [2.45, 2.75) is 13.1 Å². The Morgan fingerprint density at radius 1 is 1.10 bits per heavy atom. The fourth-order valence-corrected chi connectivity index (χ4v) is 2.31.